The molecule has 2 aromatic rings. The fourth-order valence-corrected chi connectivity index (χ4v) is 3.07. The number of likely N-dealkylation sites (tertiary alicyclic amines) is 1. The number of amides is 2. The molecule has 1 atom stereocenters. The third-order valence-corrected chi connectivity index (χ3v) is 4.28. The molecule has 1 aliphatic rings. The van der Waals surface area contributed by atoms with Gasteiger partial charge in [-0.2, -0.15) is 0 Å². The van der Waals surface area contributed by atoms with E-state index in [1.54, 1.807) is 29.4 Å². The van der Waals surface area contributed by atoms with Crippen molar-refractivity contribution in [3.63, 3.8) is 0 Å². The van der Waals surface area contributed by atoms with Crippen molar-refractivity contribution in [2.24, 2.45) is 0 Å². The lowest BCUT2D eigenvalue weighted by Crippen LogP contribution is -2.52. The first kappa shape index (κ1) is 15.5. The Morgan fingerprint density at radius 3 is 3.09 bits per heavy atom. The van der Waals surface area contributed by atoms with Crippen LogP contribution in [0.1, 0.15) is 29.6 Å². The zero-order valence-corrected chi connectivity index (χ0v) is 13.0. The number of fused-ring (bicyclic) bond motifs is 1. The molecule has 1 saturated heterocycles. The maximum atomic E-state index is 12.7. The molecule has 122 valence electrons. The summed E-state index contributed by atoms with van der Waals surface area (Å²) >= 11 is 0. The van der Waals surface area contributed by atoms with Gasteiger partial charge in [0.25, 0.3) is 5.91 Å². The lowest BCUT2D eigenvalue weighted by Gasteiger charge is -2.38. The van der Waals surface area contributed by atoms with Crippen LogP contribution in [0.2, 0.25) is 0 Å². The smallest absolute Gasteiger partial charge is 0.254 e. The third kappa shape index (κ3) is 3.19. The number of imidazole rings is 1. The van der Waals surface area contributed by atoms with Crippen molar-refractivity contribution in [2.75, 3.05) is 20.1 Å². The Hall–Kier alpha value is -2.41. The van der Waals surface area contributed by atoms with E-state index in [1.807, 2.05) is 0 Å². The number of nitrogens with one attached hydrogen (secondary N) is 2. The van der Waals surface area contributed by atoms with Gasteiger partial charge in [-0.3, -0.25) is 9.59 Å². The number of hydrogen-bond donors (Lipinski definition) is 3. The maximum absolute atomic E-state index is 12.7. The summed E-state index contributed by atoms with van der Waals surface area (Å²) in [4.78, 5) is 33.0. The number of aromatic amines is 1. The molecule has 2 heterocycles. The second kappa shape index (κ2) is 6.00. The monoisotopic (exact) mass is 316 g/mol. The van der Waals surface area contributed by atoms with Gasteiger partial charge in [-0.05, 0) is 31.0 Å². The molecule has 1 aromatic heterocycles. The Balaban J connectivity index is 1.77. The van der Waals surface area contributed by atoms with Crippen LogP contribution >= 0.6 is 0 Å². The minimum absolute atomic E-state index is 0.00681. The molecule has 0 bridgehead atoms. The van der Waals surface area contributed by atoms with Gasteiger partial charge in [-0.25, -0.2) is 4.98 Å². The summed E-state index contributed by atoms with van der Waals surface area (Å²) in [6, 6.07) is 5.29. The fourth-order valence-electron chi connectivity index (χ4n) is 3.07. The normalized spacial score (nSPS) is 21.4. The fraction of sp³-hybridized carbons (Fsp3) is 0.438. The summed E-state index contributed by atoms with van der Waals surface area (Å²) in [5, 5.41) is 13.1. The number of aromatic nitrogens is 2. The molecule has 1 aliphatic heterocycles. The van der Waals surface area contributed by atoms with Crippen LogP contribution in [0.4, 0.5) is 0 Å². The summed E-state index contributed by atoms with van der Waals surface area (Å²) < 4.78 is 0. The molecular weight excluding hydrogens is 296 g/mol. The minimum atomic E-state index is -1.16. The lowest BCUT2D eigenvalue weighted by molar-refractivity contribution is -0.127. The molecule has 3 rings (SSSR count). The van der Waals surface area contributed by atoms with Gasteiger partial charge in [0.05, 0.1) is 35.9 Å². The number of carbonyl (C=O) groups excluding carboxylic acids is 2. The highest BCUT2D eigenvalue weighted by Gasteiger charge is 2.37. The Morgan fingerprint density at radius 1 is 1.48 bits per heavy atom. The number of hydrogen-bond acceptors (Lipinski definition) is 4. The number of aliphatic hydroxyl groups is 1. The third-order valence-electron chi connectivity index (χ3n) is 4.28. The van der Waals surface area contributed by atoms with Crippen molar-refractivity contribution in [2.45, 2.75) is 24.9 Å². The van der Waals surface area contributed by atoms with Crippen LogP contribution in [0.3, 0.4) is 0 Å². The van der Waals surface area contributed by atoms with Gasteiger partial charge in [0.1, 0.15) is 0 Å². The van der Waals surface area contributed by atoms with Crippen molar-refractivity contribution in [1.29, 1.82) is 0 Å². The first-order chi connectivity index (χ1) is 11.0. The van der Waals surface area contributed by atoms with E-state index in [0.717, 1.165) is 11.0 Å². The van der Waals surface area contributed by atoms with Gasteiger partial charge in [-0.1, -0.05) is 0 Å². The summed E-state index contributed by atoms with van der Waals surface area (Å²) in [6.45, 7) is 0.746. The number of nitrogens with zero attached hydrogens (tertiary/aromatic N) is 2. The van der Waals surface area contributed by atoms with Gasteiger partial charge >= 0.3 is 0 Å². The predicted molar refractivity (Wildman–Crippen MR) is 84.9 cm³/mol. The van der Waals surface area contributed by atoms with Gasteiger partial charge in [-0.15, -0.1) is 0 Å². The molecule has 0 saturated carbocycles. The van der Waals surface area contributed by atoms with Crippen LogP contribution < -0.4 is 5.32 Å². The highest BCUT2D eigenvalue weighted by atomic mass is 16.3. The van der Waals surface area contributed by atoms with Crippen LogP contribution in [-0.2, 0) is 4.79 Å². The molecule has 3 N–H and O–H groups in total. The summed E-state index contributed by atoms with van der Waals surface area (Å²) in [7, 11) is 1.54. The van der Waals surface area contributed by atoms with E-state index in [0.29, 0.717) is 24.9 Å². The average molecular weight is 316 g/mol. The van der Waals surface area contributed by atoms with E-state index in [2.05, 4.69) is 15.3 Å². The number of carbonyl (C=O) groups is 2. The van der Waals surface area contributed by atoms with Gasteiger partial charge in [0.2, 0.25) is 5.91 Å². The van der Waals surface area contributed by atoms with Crippen LogP contribution in [0.25, 0.3) is 11.0 Å². The van der Waals surface area contributed by atoms with E-state index in [1.165, 1.54) is 7.05 Å². The standard InChI is InChI=1S/C16H20N4O3/c1-17-14(21)8-16(23)5-2-6-20(9-16)15(22)11-3-4-12-13(7-11)19-10-18-12/h3-4,7,10,23H,2,5-6,8-9H2,1H3,(H,17,21)(H,18,19). The highest BCUT2D eigenvalue weighted by molar-refractivity contribution is 5.97. The molecule has 23 heavy (non-hydrogen) atoms. The largest absolute Gasteiger partial charge is 0.388 e. The number of benzene rings is 1. The Kier molecular flexibility index (Phi) is 4.04. The minimum Gasteiger partial charge on any atom is -0.388 e. The van der Waals surface area contributed by atoms with Crippen molar-refractivity contribution >= 4 is 22.8 Å². The van der Waals surface area contributed by atoms with Gasteiger partial charge in [0, 0.05) is 19.2 Å². The number of β-amino-alcohol motifs (C(OH)–C–C–N with tert-alkyl or cyclic N) is 1. The number of rotatable bonds is 3. The number of piperidine rings is 1. The first-order valence-corrected chi connectivity index (χ1v) is 7.66. The number of H-pyrrole nitrogens is 1. The van der Waals surface area contributed by atoms with Crippen LogP contribution in [-0.4, -0.2) is 57.5 Å². The quantitative estimate of drug-likeness (QED) is 0.775. The Labute approximate surface area is 133 Å². The van der Waals surface area contributed by atoms with Crippen LogP contribution in [0, 0.1) is 0 Å². The molecule has 7 heteroatoms. The van der Waals surface area contributed by atoms with E-state index in [-0.39, 0.29) is 24.8 Å². The van der Waals surface area contributed by atoms with Gasteiger partial charge < -0.3 is 20.3 Å². The average Bonchev–Trinajstić information content (AvgIpc) is 3.01. The molecule has 0 spiro atoms. The van der Waals surface area contributed by atoms with Crippen LogP contribution in [0.5, 0.6) is 0 Å². The Morgan fingerprint density at radius 2 is 2.30 bits per heavy atom. The SMILES string of the molecule is CNC(=O)CC1(O)CCCN(C(=O)c2ccc3nc[nH]c3c2)C1. The second-order valence-electron chi connectivity index (χ2n) is 6.04. The Bertz CT molecular complexity index is 742. The zero-order valence-electron chi connectivity index (χ0n) is 13.0. The summed E-state index contributed by atoms with van der Waals surface area (Å²) in [5.74, 6) is -0.364. The summed E-state index contributed by atoms with van der Waals surface area (Å²) in [5.41, 5.74) is 0.988. The predicted octanol–water partition coefficient (Wildman–Crippen LogP) is 0.666. The molecule has 2 amide bonds. The molecular formula is C16H20N4O3. The second-order valence-corrected chi connectivity index (χ2v) is 6.04. The maximum Gasteiger partial charge on any atom is 0.254 e. The van der Waals surface area contributed by atoms with E-state index in [9.17, 15) is 14.7 Å². The van der Waals surface area contributed by atoms with Gasteiger partial charge in [0.15, 0.2) is 0 Å². The molecule has 1 aromatic carbocycles. The lowest BCUT2D eigenvalue weighted by atomic mass is 9.89. The zero-order chi connectivity index (χ0) is 16.4. The highest BCUT2D eigenvalue weighted by Crippen LogP contribution is 2.26. The van der Waals surface area contributed by atoms with Crippen molar-refractivity contribution in [1.82, 2.24) is 20.2 Å². The summed E-state index contributed by atoms with van der Waals surface area (Å²) in [6.07, 6.45) is 2.78. The van der Waals surface area contributed by atoms with Crippen molar-refractivity contribution < 1.29 is 14.7 Å². The van der Waals surface area contributed by atoms with E-state index < -0.39 is 5.60 Å². The van der Waals surface area contributed by atoms with Crippen LogP contribution in [0.15, 0.2) is 24.5 Å². The molecule has 1 unspecified atom stereocenters. The molecule has 0 aliphatic carbocycles. The van der Waals surface area contributed by atoms with Crippen molar-refractivity contribution in [3.8, 4) is 0 Å². The molecule has 1 fully saturated rings. The van der Waals surface area contributed by atoms with E-state index in [4.69, 9.17) is 0 Å². The topological polar surface area (TPSA) is 98.3 Å². The van der Waals surface area contributed by atoms with Crippen molar-refractivity contribution in [3.05, 3.63) is 30.1 Å². The van der Waals surface area contributed by atoms with E-state index >= 15 is 0 Å². The molecule has 7 nitrogen and oxygen atoms in total. The first-order valence-electron chi connectivity index (χ1n) is 7.66. The molecule has 0 radical (unpaired) electrons.